The zero-order valence-corrected chi connectivity index (χ0v) is 7.97. The summed E-state index contributed by atoms with van der Waals surface area (Å²) >= 11 is 1.53. The number of hydrogen-bond acceptors (Lipinski definition) is 5. The third kappa shape index (κ3) is 1.31. The van der Waals surface area contributed by atoms with Gasteiger partial charge in [0, 0.05) is 11.8 Å². The zero-order chi connectivity index (χ0) is 9.26. The van der Waals surface area contributed by atoms with Gasteiger partial charge in [0.25, 0.3) is 0 Å². The highest BCUT2D eigenvalue weighted by Crippen LogP contribution is 2.29. The van der Waals surface area contributed by atoms with Crippen molar-refractivity contribution in [1.29, 1.82) is 0 Å². The smallest absolute Gasteiger partial charge is 0.225 e. The molecule has 13 heavy (non-hydrogen) atoms. The second-order valence-electron chi connectivity index (χ2n) is 2.59. The molecule has 68 valence electrons. The summed E-state index contributed by atoms with van der Waals surface area (Å²) < 4.78 is 4.92. The molecule has 0 aliphatic rings. The minimum absolute atomic E-state index is 0.408. The number of rotatable bonds is 2. The first kappa shape index (κ1) is 8.25. The summed E-state index contributed by atoms with van der Waals surface area (Å²) in [5, 5.41) is 3.90. The SMILES string of the molecule is CCc1c(-c2cncs2)noc1N. The quantitative estimate of drug-likeness (QED) is 0.795. The monoisotopic (exact) mass is 195 g/mol. The lowest BCUT2D eigenvalue weighted by Gasteiger charge is -1.92. The standard InChI is InChI=1S/C8H9N3OS/c1-2-5-7(11-12-8(5)9)6-3-10-4-13-6/h3-4H,2,9H2,1H3. The fourth-order valence-electron chi connectivity index (χ4n) is 1.19. The van der Waals surface area contributed by atoms with Gasteiger partial charge in [0.15, 0.2) is 0 Å². The zero-order valence-electron chi connectivity index (χ0n) is 7.15. The number of hydrogen-bond donors (Lipinski definition) is 1. The maximum atomic E-state index is 5.61. The van der Waals surface area contributed by atoms with Crippen molar-refractivity contribution in [2.75, 3.05) is 5.73 Å². The summed E-state index contributed by atoms with van der Waals surface area (Å²) in [5.41, 5.74) is 9.16. The molecule has 0 saturated carbocycles. The Morgan fingerprint density at radius 2 is 2.46 bits per heavy atom. The normalized spacial score (nSPS) is 10.5. The molecule has 0 amide bonds. The van der Waals surface area contributed by atoms with E-state index in [9.17, 15) is 0 Å². The van der Waals surface area contributed by atoms with Crippen molar-refractivity contribution in [1.82, 2.24) is 10.1 Å². The molecule has 0 radical (unpaired) electrons. The molecule has 2 heterocycles. The largest absolute Gasteiger partial charge is 0.367 e. The van der Waals surface area contributed by atoms with Gasteiger partial charge in [-0.3, -0.25) is 4.98 Å². The predicted molar refractivity (Wildman–Crippen MR) is 51.4 cm³/mol. The second-order valence-corrected chi connectivity index (χ2v) is 3.48. The Morgan fingerprint density at radius 3 is 3.08 bits per heavy atom. The average Bonchev–Trinajstić information content (AvgIpc) is 2.71. The lowest BCUT2D eigenvalue weighted by atomic mass is 10.2. The topological polar surface area (TPSA) is 64.9 Å². The second kappa shape index (κ2) is 3.18. The Balaban J connectivity index is 2.52. The maximum Gasteiger partial charge on any atom is 0.225 e. The first-order chi connectivity index (χ1) is 6.33. The fraction of sp³-hybridized carbons (Fsp3) is 0.250. The van der Waals surface area contributed by atoms with Crippen LogP contribution < -0.4 is 5.73 Å². The molecule has 0 aliphatic heterocycles. The van der Waals surface area contributed by atoms with Crippen LogP contribution in [0.1, 0.15) is 12.5 Å². The van der Waals surface area contributed by atoms with E-state index in [1.807, 2.05) is 6.92 Å². The highest BCUT2D eigenvalue weighted by molar-refractivity contribution is 7.13. The van der Waals surface area contributed by atoms with Crippen LogP contribution in [-0.2, 0) is 6.42 Å². The van der Waals surface area contributed by atoms with Crippen LogP contribution in [0.5, 0.6) is 0 Å². The third-order valence-electron chi connectivity index (χ3n) is 1.84. The molecule has 0 aliphatic carbocycles. The van der Waals surface area contributed by atoms with Crippen molar-refractivity contribution in [2.24, 2.45) is 0 Å². The van der Waals surface area contributed by atoms with Crippen LogP contribution in [0.3, 0.4) is 0 Å². The number of nitrogen functional groups attached to an aromatic ring is 1. The van der Waals surface area contributed by atoms with Gasteiger partial charge in [-0.25, -0.2) is 0 Å². The van der Waals surface area contributed by atoms with Crippen molar-refractivity contribution in [3.63, 3.8) is 0 Å². The molecule has 2 rings (SSSR count). The molecule has 2 aromatic heterocycles. The predicted octanol–water partition coefficient (Wildman–Crippen LogP) is 1.94. The molecule has 0 saturated heterocycles. The van der Waals surface area contributed by atoms with Crippen LogP contribution >= 0.6 is 11.3 Å². The van der Waals surface area contributed by atoms with E-state index in [-0.39, 0.29) is 0 Å². The van der Waals surface area contributed by atoms with Crippen LogP contribution in [-0.4, -0.2) is 10.1 Å². The Kier molecular flexibility index (Phi) is 2.02. The summed E-state index contributed by atoms with van der Waals surface area (Å²) in [6.07, 6.45) is 2.59. The van der Waals surface area contributed by atoms with Crippen molar-refractivity contribution in [3.05, 3.63) is 17.3 Å². The minimum Gasteiger partial charge on any atom is -0.367 e. The average molecular weight is 195 g/mol. The van der Waals surface area contributed by atoms with Gasteiger partial charge in [-0.05, 0) is 6.42 Å². The van der Waals surface area contributed by atoms with E-state index in [2.05, 4.69) is 10.1 Å². The molecular formula is C8H9N3OS. The van der Waals surface area contributed by atoms with E-state index in [0.717, 1.165) is 22.6 Å². The number of aromatic nitrogens is 2. The first-order valence-corrected chi connectivity index (χ1v) is 4.83. The maximum absolute atomic E-state index is 5.61. The van der Waals surface area contributed by atoms with Gasteiger partial charge in [0.05, 0.1) is 10.4 Å². The molecular weight excluding hydrogens is 186 g/mol. The van der Waals surface area contributed by atoms with Gasteiger partial charge in [0.1, 0.15) is 5.69 Å². The highest BCUT2D eigenvalue weighted by Gasteiger charge is 2.14. The third-order valence-corrected chi connectivity index (χ3v) is 2.62. The molecule has 2 aromatic rings. The van der Waals surface area contributed by atoms with Crippen molar-refractivity contribution >= 4 is 17.2 Å². The van der Waals surface area contributed by atoms with Crippen LogP contribution in [0.2, 0.25) is 0 Å². The van der Waals surface area contributed by atoms with Crippen LogP contribution in [0.15, 0.2) is 16.2 Å². The van der Waals surface area contributed by atoms with Gasteiger partial charge in [-0.2, -0.15) is 0 Å². The Labute approximate surface area is 79.4 Å². The first-order valence-electron chi connectivity index (χ1n) is 3.95. The lowest BCUT2D eigenvalue weighted by molar-refractivity contribution is 0.439. The van der Waals surface area contributed by atoms with Gasteiger partial charge < -0.3 is 10.3 Å². The van der Waals surface area contributed by atoms with E-state index in [0.29, 0.717) is 5.88 Å². The molecule has 0 atom stereocenters. The van der Waals surface area contributed by atoms with E-state index in [1.165, 1.54) is 11.3 Å². The van der Waals surface area contributed by atoms with Gasteiger partial charge in [0.2, 0.25) is 5.88 Å². The molecule has 4 nitrogen and oxygen atoms in total. The molecule has 2 N–H and O–H groups in total. The van der Waals surface area contributed by atoms with Crippen molar-refractivity contribution < 1.29 is 4.52 Å². The van der Waals surface area contributed by atoms with E-state index >= 15 is 0 Å². The number of nitrogens with two attached hydrogens (primary N) is 1. The van der Waals surface area contributed by atoms with Crippen molar-refractivity contribution in [2.45, 2.75) is 13.3 Å². The molecule has 0 fully saturated rings. The van der Waals surface area contributed by atoms with Crippen LogP contribution in [0, 0.1) is 0 Å². The fourth-order valence-corrected chi connectivity index (χ4v) is 1.82. The van der Waals surface area contributed by atoms with Gasteiger partial charge >= 0.3 is 0 Å². The molecule has 5 heteroatoms. The number of thiazole rings is 1. The summed E-state index contributed by atoms with van der Waals surface area (Å²) in [7, 11) is 0. The molecule has 0 unspecified atom stereocenters. The van der Waals surface area contributed by atoms with Crippen molar-refractivity contribution in [3.8, 4) is 10.6 Å². The summed E-state index contributed by atoms with van der Waals surface area (Å²) in [6, 6.07) is 0. The lowest BCUT2D eigenvalue weighted by Crippen LogP contribution is -1.88. The van der Waals surface area contributed by atoms with E-state index < -0.39 is 0 Å². The van der Waals surface area contributed by atoms with E-state index in [4.69, 9.17) is 10.3 Å². The summed E-state index contributed by atoms with van der Waals surface area (Å²) in [4.78, 5) is 4.98. The molecule has 0 bridgehead atoms. The Morgan fingerprint density at radius 1 is 1.62 bits per heavy atom. The summed E-state index contributed by atoms with van der Waals surface area (Å²) in [5.74, 6) is 0.408. The van der Waals surface area contributed by atoms with E-state index in [1.54, 1.807) is 11.7 Å². The molecule has 0 spiro atoms. The highest BCUT2D eigenvalue weighted by atomic mass is 32.1. The Hall–Kier alpha value is -1.36. The summed E-state index contributed by atoms with van der Waals surface area (Å²) in [6.45, 7) is 2.02. The number of nitrogens with zero attached hydrogens (tertiary/aromatic N) is 2. The van der Waals surface area contributed by atoms with Gasteiger partial charge in [-0.1, -0.05) is 12.1 Å². The molecule has 0 aromatic carbocycles. The van der Waals surface area contributed by atoms with Crippen LogP contribution in [0.4, 0.5) is 5.88 Å². The number of anilines is 1. The van der Waals surface area contributed by atoms with Crippen LogP contribution in [0.25, 0.3) is 10.6 Å². The van der Waals surface area contributed by atoms with Gasteiger partial charge in [-0.15, -0.1) is 11.3 Å². The minimum atomic E-state index is 0.408. The Bertz CT molecular complexity index is 393.